The second kappa shape index (κ2) is 8.27. The number of nitrogens with zero attached hydrogens (tertiary/aromatic N) is 4. The molecule has 0 unspecified atom stereocenters. The molecule has 1 fully saturated rings. The molecule has 0 atom stereocenters. The van der Waals surface area contributed by atoms with Crippen molar-refractivity contribution >= 4 is 11.6 Å². The lowest BCUT2D eigenvalue weighted by Crippen LogP contribution is -2.49. The number of piperazine rings is 1. The highest BCUT2D eigenvalue weighted by atomic mass is 16.2. The van der Waals surface area contributed by atoms with Gasteiger partial charge >= 0.3 is 0 Å². The number of carbonyl (C=O) groups is 1. The van der Waals surface area contributed by atoms with Gasteiger partial charge in [0.15, 0.2) is 0 Å². The van der Waals surface area contributed by atoms with E-state index >= 15 is 0 Å². The predicted octanol–water partition coefficient (Wildman–Crippen LogP) is 1.76. The largest absolute Gasteiger partial charge is 0.334 e. The number of aryl methyl sites for hydroxylation is 2. The van der Waals surface area contributed by atoms with Crippen LogP contribution in [-0.2, 0) is 11.3 Å². The zero-order valence-electron chi connectivity index (χ0n) is 15.1. The van der Waals surface area contributed by atoms with Crippen molar-refractivity contribution in [2.75, 3.05) is 44.6 Å². The molecule has 1 aliphatic rings. The Morgan fingerprint density at radius 2 is 1.88 bits per heavy atom. The summed E-state index contributed by atoms with van der Waals surface area (Å²) in [5, 5.41) is 2.99. The van der Waals surface area contributed by atoms with Gasteiger partial charge in [0.25, 0.3) is 0 Å². The molecule has 1 amide bonds. The highest BCUT2D eigenvalue weighted by Crippen LogP contribution is 2.10. The normalized spacial score (nSPS) is 16.1. The van der Waals surface area contributed by atoms with Gasteiger partial charge in [-0.15, -0.1) is 0 Å². The Bertz CT molecular complexity index is 703. The summed E-state index contributed by atoms with van der Waals surface area (Å²) in [4.78, 5) is 21.2. The van der Waals surface area contributed by atoms with Crippen LogP contribution in [0.15, 0.2) is 36.7 Å². The second-order valence-corrected chi connectivity index (χ2v) is 6.70. The van der Waals surface area contributed by atoms with Crippen LogP contribution in [0.4, 0.5) is 5.69 Å². The van der Waals surface area contributed by atoms with Gasteiger partial charge in [0.2, 0.25) is 5.91 Å². The van der Waals surface area contributed by atoms with Crippen molar-refractivity contribution in [1.82, 2.24) is 19.4 Å². The molecule has 0 saturated carbocycles. The minimum atomic E-state index is 0.0630. The molecule has 6 heteroatoms. The quantitative estimate of drug-likeness (QED) is 0.870. The van der Waals surface area contributed by atoms with E-state index in [1.54, 1.807) is 0 Å². The van der Waals surface area contributed by atoms with Crippen LogP contribution in [0, 0.1) is 13.8 Å². The number of imidazole rings is 1. The highest BCUT2D eigenvalue weighted by molar-refractivity contribution is 5.92. The van der Waals surface area contributed by atoms with E-state index in [-0.39, 0.29) is 5.91 Å². The van der Waals surface area contributed by atoms with Crippen LogP contribution in [0.5, 0.6) is 0 Å². The highest BCUT2D eigenvalue weighted by Gasteiger charge is 2.18. The van der Waals surface area contributed by atoms with Gasteiger partial charge < -0.3 is 9.88 Å². The number of benzene rings is 1. The van der Waals surface area contributed by atoms with Crippen molar-refractivity contribution in [2.45, 2.75) is 20.4 Å². The number of nitrogens with one attached hydrogen (secondary N) is 1. The standard InChI is InChI=1S/C19H27N5O/c1-16-4-3-5-18(14-16)21-19(25)15-23-10-8-22(9-11-23)12-13-24-7-6-20-17(24)2/h3-7,14H,8-13,15H2,1-2H3,(H,21,25). The van der Waals surface area contributed by atoms with Crippen LogP contribution in [-0.4, -0.2) is 64.5 Å². The molecular weight excluding hydrogens is 314 g/mol. The summed E-state index contributed by atoms with van der Waals surface area (Å²) >= 11 is 0. The van der Waals surface area contributed by atoms with E-state index in [0.717, 1.165) is 56.3 Å². The summed E-state index contributed by atoms with van der Waals surface area (Å²) in [6, 6.07) is 7.92. The van der Waals surface area contributed by atoms with E-state index in [1.807, 2.05) is 50.5 Å². The fourth-order valence-electron chi connectivity index (χ4n) is 3.19. The van der Waals surface area contributed by atoms with Gasteiger partial charge in [0, 0.05) is 57.3 Å². The number of rotatable bonds is 6. The van der Waals surface area contributed by atoms with Crippen molar-refractivity contribution < 1.29 is 4.79 Å². The van der Waals surface area contributed by atoms with E-state index in [9.17, 15) is 4.79 Å². The molecule has 2 heterocycles. The van der Waals surface area contributed by atoms with Crippen LogP contribution < -0.4 is 5.32 Å². The first kappa shape index (κ1) is 17.6. The van der Waals surface area contributed by atoms with E-state index in [2.05, 4.69) is 24.7 Å². The molecule has 0 spiro atoms. The summed E-state index contributed by atoms with van der Waals surface area (Å²) in [5.74, 6) is 1.12. The maximum Gasteiger partial charge on any atom is 0.238 e. The first-order valence-corrected chi connectivity index (χ1v) is 8.89. The minimum Gasteiger partial charge on any atom is -0.334 e. The molecule has 25 heavy (non-hydrogen) atoms. The zero-order valence-corrected chi connectivity index (χ0v) is 15.1. The molecule has 0 aliphatic carbocycles. The molecule has 1 saturated heterocycles. The first-order chi connectivity index (χ1) is 12.1. The van der Waals surface area contributed by atoms with E-state index in [4.69, 9.17) is 0 Å². The molecule has 0 bridgehead atoms. The smallest absolute Gasteiger partial charge is 0.238 e. The third-order valence-electron chi connectivity index (χ3n) is 4.71. The van der Waals surface area contributed by atoms with Crippen LogP contribution in [0.25, 0.3) is 0 Å². The molecule has 3 rings (SSSR count). The van der Waals surface area contributed by atoms with Crippen molar-refractivity contribution in [3.63, 3.8) is 0 Å². The van der Waals surface area contributed by atoms with Gasteiger partial charge in [-0.1, -0.05) is 12.1 Å². The summed E-state index contributed by atoms with van der Waals surface area (Å²) in [7, 11) is 0. The average Bonchev–Trinajstić information content (AvgIpc) is 2.99. The Labute approximate surface area is 149 Å². The summed E-state index contributed by atoms with van der Waals surface area (Å²) < 4.78 is 2.18. The molecule has 1 aromatic carbocycles. The van der Waals surface area contributed by atoms with Crippen molar-refractivity contribution in [3.8, 4) is 0 Å². The maximum absolute atomic E-state index is 12.2. The molecule has 1 aliphatic heterocycles. The third-order valence-corrected chi connectivity index (χ3v) is 4.71. The van der Waals surface area contributed by atoms with Gasteiger partial charge in [0.05, 0.1) is 6.54 Å². The molecule has 134 valence electrons. The number of anilines is 1. The number of hydrogen-bond acceptors (Lipinski definition) is 4. The van der Waals surface area contributed by atoms with Gasteiger partial charge in [-0.2, -0.15) is 0 Å². The van der Waals surface area contributed by atoms with E-state index < -0.39 is 0 Å². The van der Waals surface area contributed by atoms with Crippen LogP contribution in [0.1, 0.15) is 11.4 Å². The predicted molar refractivity (Wildman–Crippen MR) is 99.7 cm³/mol. The maximum atomic E-state index is 12.2. The SMILES string of the molecule is Cc1cccc(NC(=O)CN2CCN(CCn3ccnc3C)CC2)c1. The second-order valence-electron chi connectivity index (χ2n) is 6.70. The molecule has 1 N–H and O–H groups in total. The topological polar surface area (TPSA) is 53.4 Å². The molecular formula is C19H27N5O. The van der Waals surface area contributed by atoms with Gasteiger partial charge in [-0.3, -0.25) is 14.6 Å². The van der Waals surface area contributed by atoms with Crippen molar-refractivity contribution in [1.29, 1.82) is 0 Å². The molecule has 1 aromatic heterocycles. The fourth-order valence-corrected chi connectivity index (χ4v) is 3.19. The van der Waals surface area contributed by atoms with Crippen molar-refractivity contribution in [3.05, 3.63) is 48.0 Å². The molecule has 0 radical (unpaired) electrons. The van der Waals surface area contributed by atoms with Crippen LogP contribution >= 0.6 is 0 Å². The minimum absolute atomic E-state index is 0.0630. The zero-order chi connectivity index (χ0) is 17.6. The summed E-state index contributed by atoms with van der Waals surface area (Å²) in [6.45, 7) is 10.4. The number of hydrogen-bond donors (Lipinski definition) is 1. The molecule has 6 nitrogen and oxygen atoms in total. The Balaban J connectivity index is 1.38. The Hall–Kier alpha value is -2.18. The van der Waals surface area contributed by atoms with E-state index in [1.165, 1.54) is 0 Å². The lowest BCUT2D eigenvalue weighted by atomic mass is 10.2. The summed E-state index contributed by atoms with van der Waals surface area (Å²) in [5.41, 5.74) is 2.03. The van der Waals surface area contributed by atoms with Gasteiger partial charge in [-0.25, -0.2) is 4.98 Å². The number of amides is 1. The van der Waals surface area contributed by atoms with E-state index in [0.29, 0.717) is 6.54 Å². The lowest BCUT2D eigenvalue weighted by Gasteiger charge is -2.34. The first-order valence-electron chi connectivity index (χ1n) is 8.89. The third kappa shape index (κ3) is 5.14. The lowest BCUT2D eigenvalue weighted by molar-refractivity contribution is -0.117. The monoisotopic (exact) mass is 341 g/mol. The summed E-state index contributed by atoms with van der Waals surface area (Å²) in [6.07, 6.45) is 3.88. The molecule has 2 aromatic rings. The Morgan fingerprint density at radius 3 is 2.56 bits per heavy atom. The van der Waals surface area contributed by atoms with Gasteiger partial charge in [-0.05, 0) is 31.5 Å². The van der Waals surface area contributed by atoms with Gasteiger partial charge in [0.1, 0.15) is 5.82 Å². The number of aromatic nitrogens is 2. The fraction of sp³-hybridized carbons (Fsp3) is 0.474. The van der Waals surface area contributed by atoms with Crippen molar-refractivity contribution in [2.24, 2.45) is 0 Å². The Kier molecular flexibility index (Phi) is 5.83. The average molecular weight is 341 g/mol. The van der Waals surface area contributed by atoms with Crippen LogP contribution in [0.2, 0.25) is 0 Å². The van der Waals surface area contributed by atoms with Crippen LogP contribution in [0.3, 0.4) is 0 Å². The number of carbonyl (C=O) groups excluding carboxylic acids is 1. The Morgan fingerprint density at radius 1 is 1.12 bits per heavy atom.